The Morgan fingerprint density at radius 2 is 1.76 bits per heavy atom. The molecule has 0 saturated carbocycles. The quantitative estimate of drug-likeness (QED) is 0.545. The van der Waals surface area contributed by atoms with Gasteiger partial charge in [0.15, 0.2) is 0 Å². The predicted octanol–water partition coefficient (Wildman–Crippen LogP) is 2.18. The van der Waals surface area contributed by atoms with Crippen molar-refractivity contribution in [3.05, 3.63) is 59.7 Å². The van der Waals surface area contributed by atoms with Gasteiger partial charge in [-0.1, -0.05) is 18.2 Å². The Balaban J connectivity index is 1.91. The number of methoxy groups -OCH3 is 1. The standard InChI is InChI=1S/C21H29N3O4S/c1-4-24(20-8-6-5-7-17(20)2)15-13-22-21(25)18-9-11-19(12-10-18)29(26,27)23-14-16-28-3/h5-12,23H,4,13-16H2,1-3H3,(H,22,25). The van der Waals surface area contributed by atoms with Crippen molar-refractivity contribution in [2.45, 2.75) is 18.7 Å². The Labute approximate surface area is 173 Å². The lowest BCUT2D eigenvalue weighted by Crippen LogP contribution is -2.35. The molecule has 0 radical (unpaired) electrons. The van der Waals surface area contributed by atoms with Gasteiger partial charge < -0.3 is 15.0 Å². The van der Waals surface area contributed by atoms with E-state index in [0.29, 0.717) is 18.7 Å². The molecular formula is C21H29N3O4S. The van der Waals surface area contributed by atoms with Crippen LogP contribution in [0.1, 0.15) is 22.8 Å². The third-order valence-electron chi connectivity index (χ3n) is 4.53. The Morgan fingerprint density at radius 1 is 1.07 bits per heavy atom. The zero-order chi connectivity index (χ0) is 21.3. The number of carbonyl (C=O) groups is 1. The lowest BCUT2D eigenvalue weighted by molar-refractivity contribution is 0.0954. The van der Waals surface area contributed by atoms with Crippen LogP contribution in [-0.2, 0) is 14.8 Å². The third-order valence-corrected chi connectivity index (χ3v) is 6.01. The van der Waals surface area contributed by atoms with Crippen LogP contribution in [0.2, 0.25) is 0 Å². The summed E-state index contributed by atoms with van der Waals surface area (Å²) in [5, 5.41) is 2.89. The summed E-state index contributed by atoms with van der Waals surface area (Å²) in [4.78, 5) is 14.7. The Hall–Kier alpha value is -2.42. The molecule has 7 nitrogen and oxygen atoms in total. The molecule has 2 N–H and O–H groups in total. The van der Waals surface area contributed by atoms with Crippen LogP contribution in [0.5, 0.6) is 0 Å². The first-order valence-corrected chi connectivity index (χ1v) is 11.0. The Bertz CT molecular complexity index is 898. The topological polar surface area (TPSA) is 87.7 Å². The molecule has 2 rings (SSSR count). The fourth-order valence-corrected chi connectivity index (χ4v) is 3.93. The van der Waals surface area contributed by atoms with Gasteiger partial charge in [-0.25, -0.2) is 13.1 Å². The van der Waals surface area contributed by atoms with E-state index in [1.807, 2.05) is 12.1 Å². The van der Waals surface area contributed by atoms with Gasteiger partial charge in [-0.15, -0.1) is 0 Å². The third kappa shape index (κ3) is 6.56. The minimum atomic E-state index is -3.61. The van der Waals surface area contributed by atoms with E-state index in [1.165, 1.54) is 36.9 Å². The first-order valence-electron chi connectivity index (χ1n) is 9.56. The van der Waals surface area contributed by atoms with Gasteiger partial charge in [0.05, 0.1) is 11.5 Å². The van der Waals surface area contributed by atoms with Crippen LogP contribution in [0.15, 0.2) is 53.4 Å². The first kappa shape index (κ1) is 22.9. The summed E-state index contributed by atoms with van der Waals surface area (Å²) in [6.45, 7) is 6.63. The van der Waals surface area contributed by atoms with Crippen molar-refractivity contribution in [1.82, 2.24) is 10.0 Å². The molecule has 2 aromatic carbocycles. The monoisotopic (exact) mass is 419 g/mol. The van der Waals surface area contributed by atoms with E-state index in [1.54, 1.807) is 0 Å². The summed E-state index contributed by atoms with van der Waals surface area (Å²) in [5.74, 6) is -0.234. The van der Waals surface area contributed by atoms with Crippen LogP contribution < -0.4 is 14.9 Å². The summed E-state index contributed by atoms with van der Waals surface area (Å²) >= 11 is 0. The SMILES string of the molecule is CCN(CCNC(=O)c1ccc(S(=O)(=O)NCCOC)cc1)c1ccccc1C. The van der Waals surface area contributed by atoms with Gasteiger partial charge in [-0.3, -0.25) is 4.79 Å². The number of amides is 1. The van der Waals surface area contributed by atoms with Crippen molar-refractivity contribution in [3.8, 4) is 0 Å². The van der Waals surface area contributed by atoms with Crippen molar-refractivity contribution in [2.75, 3.05) is 44.8 Å². The molecule has 1 amide bonds. The van der Waals surface area contributed by atoms with Crippen molar-refractivity contribution >= 4 is 21.6 Å². The molecule has 0 heterocycles. The number of nitrogens with zero attached hydrogens (tertiary/aromatic N) is 1. The highest BCUT2D eigenvalue weighted by Crippen LogP contribution is 2.18. The normalized spacial score (nSPS) is 11.3. The number of benzene rings is 2. The number of sulfonamides is 1. The maximum atomic E-state index is 12.4. The summed E-state index contributed by atoms with van der Waals surface area (Å²) in [6, 6.07) is 14.0. The number of para-hydroxylation sites is 1. The molecule has 0 aliphatic heterocycles. The number of rotatable bonds is 11. The van der Waals surface area contributed by atoms with Crippen LogP contribution in [0.4, 0.5) is 5.69 Å². The molecule has 0 atom stereocenters. The van der Waals surface area contributed by atoms with Crippen LogP contribution >= 0.6 is 0 Å². The number of ether oxygens (including phenoxy) is 1. The van der Waals surface area contributed by atoms with E-state index < -0.39 is 10.0 Å². The van der Waals surface area contributed by atoms with Gasteiger partial charge in [0, 0.05) is 44.5 Å². The lowest BCUT2D eigenvalue weighted by Gasteiger charge is -2.25. The number of likely N-dealkylation sites (N-methyl/N-ethyl adjacent to an activating group) is 1. The maximum Gasteiger partial charge on any atom is 0.251 e. The van der Waals surface area contributed by atoms with Crippen molar-refractivity contribution in [3.63, 3.8) is 0 Å². The summed E-state index contributed by atoms with van der Waals surface area (Å²) < 4.78 is 31.6. The molecule has 8 heteroatoms. The van der Waals surface area contributed by atoms with Gasteiger partial charge in [0.2, 0.25) is 10.0 Å². The molecule has 0 unspecified atom stereocenters. The largest absolute Gasteiger partial charge is 0.383 e. The average Bonchev–Trinajstić information content (AvgIpc) is 2.72. The van der Waals surface area contributed by atoms with Gasteiger partial charge in [0.25, 0.3) is 5.91 Å². The van der Waals surface area contributed by atoms with Gasteiger partial charge in [0.1, 0.15) is 0 Å². The molecule has 0 bridgehead atoms. The second kappa shape index (κ2) is 10.9. The molecule has 0 aliphatic carbocycles. The van der Waals surface area contributed by atoms with Crippen molar-refractivity contribution in [2.24, 2.45) is 0 Å². The van der Waals surface area contributed by atoms with Crippen LogP contribution in [0.25, 0.3) is 0 Å². The molecule has 158 valence electrons. The van der Waals surface area contributed by atoms with E-state index in [2.05, 4.69) is 40.9 Å². The highest BCUT2D eigenvalue weighted by molar-refractivity contribution is 7.89. The van der Waals surface area contributed by atoms with E-state index in [-0.39, 0.29) is 24.0 Å². The van der Waals surface area contributed by atoms with Gasteiger partial charge in [-0.05, 0) is 49.7 Å². The van der Waals surface area contributed by atoms with Crippen molar-refractivity contribution < 1.29 is 17.9 Å². The summed E-state index contributed by atoms with van der Waals surface area (Å²) in [6.07, 6.45) is 0. The number of aryl methyl sites for hydroxylation is 1. The average molecular weight is 420 g/mol. The smallest absolute Gasteiger partial charge is 0.251 e. The van der Waals surface area contributed by atoms with E-state index in [0.717, 1.165) is 12.2 Å². The zero-order valence-electron chi connectivity index (χ0n) is 17.1. The fourth-order valence-electron chi connectivity index (χ4n) is 2.92. The minimum Gasteiger partial charge on any atom is -0.383 e. The van der Waals surface area contributed by atoms with Gasteiger partial charge in [-0.2, -0.15) is 0 Å². The highest BCUT2D eigenvalue weighted by Gasteiger charge is 2.14. The van der Waals surface area contributed by atoms with Crippen LogP contribution in [-0.4, -0.2) is 54.2 Å². The van der Waals surface area contributed by atoms with E-state index in [4.69, 9.17) is 4.74 Å². The Morgan fingerprint density at radius 3 is 2.38 bits per heavy atom. The molecule has 2 aromatic rings. The summed E-state index contributed by atoms with van der Waals surface area (Å²) in [7, 11) is -2.11. The number of anilines is 1. The number of hydrogen-bond donors (Lipinski definition) is 2. The van der Waals surface area contributed by atoms with Crippen molar-refractivity contribution in [1.29, 1.82) is 0 Å². The molecule has 0 fully saturated rings. The lowest BCUT2D eigenvalue weighted by atomic mass is 10.2. The van der Waals surface area contributed by atoms with E-state index in [9.17, 15) is 13.2 Å². The van der Waals surface area contributed by atoms with Crippen LogP contribution in [0, 0.1) is 6.92 Å². The Kier molecular flexibility index (Phi) is 8.63. The second-order valence-corrected chi connectivity index (χ2v) is 8.30. The zero-order valence-corrected chi connectivity index (χ0v) is 18.0. The van der Waals surface area contributed by atoms with E-state index >= 15 is 0 Å². The molecule has 0 aliphatic rings. The molecule has 0 spiro atoms. The molecule has 0 aromatic heterocycles. The molecular weight excluding hydrogens is 390 g/mol. The first-order chi connectivity index (χ1) is 13.9. The number of carbonyl (C=O) groups excluding carboxylic acids is 1. The second-order valence-electron chi connectivity index (χ2n) is 6.54. The number of hydrogen-bond acceptors (Lipinski definition) is 5. The summed E-state index contributed by atoms with van der Waals surface area (Å²) in [5.41, 5.74) is 2.76. The molecule has 0 saturated heterocycles. The van der Waals surface area contributed by atoms with Crippen LogP contribution in [0.3, 0.4) is 0 Å². The highest BCUT2D eigenvalue weighted by atomic mass is 32.2. The number of nitrogens with one attached hydrogen (secondary N) is 2. The molecule has 29 heavy (non-hydrogen) atoms. The van der Waals surface area contributed by atoms with Gasteiger partial charge >= 0.3 is 0 Å². The maximum absolute atomic E-state index is 12.4. The predicted molar refractivity (Wildman–Crippen MR) is 115 cm³/mol. The fraction of sp³-hybridized carbons (Fsp3) is 0.381. The minimum absolute atomic E-state index is 0.113.